The first-order chi connectivity index (χ1) is 16.2. The minimum atomic E-state index is -4.52. The van der Waals surface area contributed by atoms with E-state index in [-0.39, 0.29) is 17.6 Å². The lowest BCUT2D eigenvalue weighted by atomic mass is 10.2. The summed E-state index contributed by atoms with van der Waals surface area (Å²) >= 11 is 1.33. The van der Waals surface area contributed by atoms with E-state index in [1.807, 2.05) is 13.8 Å². The number of hydrogen-bond donors (Lipinski definition) is 1. The first kappa shape index (κ1) is 25.8. The van der Waals surface area contributed by atoms with Gasteiger partial charge in [-0.1, -0.05) is 43.3 Å². The number of hydrogen-bond acceptors (Lipinski definition) is 4. The lowest BCUT2D eigenvalue weighted by molar-refractivity contribution is -0.137. The van der Waals surface area contributed by atoms with E-state index in [1.54, 1.807) is 24.3 Å². The highest BCUT2D eigenvalue weighted by molar-refractivity contribution is 7.99. The Kier molecular flexibility index (Phi) is 8.77. The van der Waals surface area contributed by atoms with Crippen molar-refractivity contribution < 1.29 is 18.0 Å². The molecule has 3 rings (SSSR count). The summed E-state index contributed by atoms with van der Waals surface area (Å²) in [6.45, 7) is 3.98. The Morgan fingerprint density at radius 1 is 1.12 bits per heavy atom. The molecular formula is C25H28F3N3O2S. The summed E-state index contributed by atoms with van der Waals surface area (Å²) in [7, 11) is 0. The molecule has 1 amide bonds. The number of carbonyl (C=O) groups excluding carboxylic acids is 1. The highest BCUT2D eigenvalue weighted by atomic mass is 32.2. The summed E-state index contributed by atoms with van der Waals surface area (Å²) in [5, 5.41) is 3.63. The molecule has 9 heteroatoms. The maximum Gasteiger partial charge on any atom is 0.416 e. The van der Waals surface area contributed by atoms with Gasteiger partial charge in [-0.25, -0.2) is 4.98 Å². The summed E-state index contributed by atoms with van der Waals surface area (Å²) < 4.78 is 41.1. The first-order valence-corrected chi connectivity index (χ1v) is 12.3. The molecule has 0 saturated heterocycles. The fourth-order valence-electron chi connectivity index (χ4n) is 3.44. The highest BCUT2D eigenvalue weighted by Gasteiger charge is 2.30. The maximum atomic E-state index is 13.3. The van der Waals surface area contributed by atoms with Crippen LogP contribution in [0, 0.1) is 0 Å². The fraction of sp³-hybridized carbons (Fsp3) is 0.400. The van der Waals surface area contributed by atoms with Crippen LogP contribution in [0.25, 0.3) is 16.6 Å². The number of halogens is 3. The molecule has 1 heterocycles. The second kappa shape index (κ2) is 11.6. The largest absolute Gasteiger partial charge is 0.416 e. The van der Waals surface area contributed by atoms with Gasteiger partial charge >= 0.3 is 6.18 Å². The number of fused-ring (bicyclic) bond motifs is 1. The second-order valence-corrected chi connectivity index (χ2v) is 9.20. The number of unbranched alkanes of at least 4 members (excludes halogenated alkanes) is 2. The SMILES string of the molecule is CCC(C)NC(=O)CCCCCSc1nc2ccccc2c(=O)n1-c1cccc(C(F)(F)F)c1. The Morgan fingerprint density at radius 2 is 1.88 bits per heavy atom. The van der Waals surface area contributed by atoms with Crippen molar-refractivity contribution in [2.75, 3.05) is 5.75 Å². The lowest BCUT2D eigenvalue weighted by Gasteiger charge is -2.15. The van der Waals surface area contributed by atoms with Crippen molar-refractivity contribution in [3.8, 4) is 5.69 Å². The fourth-order valence-corrected chi connectivity index (χ4v) is 4.45. The van der Waals surface area contributed by atoms with Crippen molar-refractivity contribution in [1.82, 2.24) is 14.9 Å². The van der Waals surface area contributed by atoms with Gasteiger partial charge in [0.25, 0.3) is 5.56 Å². The molecule has 34 heavy (non-hydrogen) atoms. The molecule has 1 N–H and O–H groups in total. The zero-order valence-corrected chi connectivity index (χ0v) is 20.0. The molecule has 0 aliphatic heterocycles. The van der Waals surface area contributed by atoms with E-state index >= 15 is 0 Å². The van der Waals surface area contributed by atoms with E-state index in [0.717, 1.165) is 37.8 Å². The Hall–Kier alpha value is -2.81. The van der Waals surface area contributed by atoms with Crippen molar-refractivity contribution in [3.63, 3.8) is 0 Å². The van der Waals surface area contributed by atoms with E-state index in [9.17, 15) is 22.8 Å². The van der Waals surface area contributed by atoms with Crippen LogP contribution in [-0.2, 0) is 11.0 Å². The minimum absolute atomic E-state index is 0.0385. The molecule has 0 aliphatic carbocycles. The van der Waals surface area contributed by atoms with Gasteiger partial charge in [0, 0.05) is 18.2 Å². The van der Waals surface area contributed by atoms with Crippen molar-refractivity contribution in [2.45, 2.75) is 63.3 Å². The van der Waals surface area contributed by atoms with Crippen molar-refractivity contribution in [2.24, 2.45) is 0 Å². The van der Waals surface area contributed by atoms with Gasteiger partial charge in [0.1, 0.15) is 0 Å². The van der Waals surface area contributed by atoms with Gasteiger partial charge in [0.2, 0.25) is 5.91 Å². The Labute approximate surface area is 200 Å². The van der Waals surface area contributed by atoms with E-state index in [2.05, 4.69) is 10.3 Å². The summed E-state index contributed by atoms with van der Waals surface area (Å²) in [6.07, 6.45) is -0.825. The quantitative estimate of drug-likeness (QED) is 0.216. The Bertz CT molecular complexity index is 1190. The topological polar surface area (TPSA) is 64.0 Å². The second-order valence-electron chi connectivity index (χ2n) is 8.14. The Balaban J connectivity index is 1.76. The number of carbonyl (C=O) groups is 1. The predicted molar refractivity (Wildman–Crippen MR) is 129 cm³/mol. The number of benzene rings is 2. The molecule has 0 spiro atoms. The predicted octanol–water partition coefficient (Wildman–Crippen LogP) is 5.97. The van der Waals surface area contributed by atoms with E-state index in [0.29, 0.717) is 28.2 Å². The van der Waals surface area contributed by atoms with E-state index < -0.39 is 17.3 Å². The van der Waals surface area contributed by atoms with Gasteiger partial charge in [-0.3, -0.25) is 14.2 Å². The zero-order valence-electron chi connectivity index (χ0n) is 19.2. The average Bonchev–Trinajstić information content (AvgIpc) is 2.81. The summed E-state index contributed by atoms with van der Waals surface area (Å²) in [5.74, 6) is 0.660. The van der Waals surface area contributed by atoms with Gasteiger partial charge in [-0.05, 0) is 56.5 Å². The molecule has 0 saturated carbocycles. The molecule has 0 bridgehead atoms. The average molecular weight is 492 g/mol. The standard InChI is InChI=1S/C25H28F3N3O2S/c1-3-17(2)29-22(32)14-5-4-8-15-34-24-30-21-13-7-6-12-20(21)23(33)31(24)19-11-9-10-18(16-19)25(26,27)28/h6-7,9-13,16-17H,3-5,8,14-15H2,1-2H3,(H,29,32). The molecule has 2 aromatic carbocycles. The van der Waals surface area contributed by atoms with Crippen molar-refractivity contribution in [1.29, 1.82) is 0 Å². The molecule has 0 radical (unpaired) electrons. The minimum Gasteiger partial charge on any atom is -0.354 e. The van der Waals surface area contributed by atoms with Crippen LogP contribution < -0.4 is 10.9 Å². The number of alkyl halides is 3. The third-order valence-corrected chi connectivity index (χ3v) is 6.50. The lowest BCUT2D eigenvalue weighted by Crippen LogP contribution is -2.31. The van der Waals surface area contributed by atoms with Crippen LogP contribution in [0.2, 0.25) is 0 Å². The van der Waals surface area contributed by atoms with Crippen LogP contribution in [0.3, 0.4) is 0 Å². The smallest absolute Gasteiger partial charge is 0.354 e. The molecule has 0 fully saturated rings. The molecule has 182 valence electrons. The number of nitrogens with zero attached hydrogens (tertiary/aromatic N) is 2. The van der Waals surface area contributed by atoms with Gasteiger partial charge in [0.05, 0.1) is 22.2 Å². The zero-order chi connectivity index (χ0) is 24.7. The normalized spacial score (nSPS) is 12.6. The molecule has 0 aliphatic rings. The first-order valence-electron chi connectivity index (χ1n) is 11.3. The van der Waals surface area contributed by atoms with Crippen LogP contribution in [-0.4, -0.2) is 27.3 Å². The molecule has 1 aromatic heterocycles. The van der Waals surface area contributed by atoms with Crippen LogP contribution in [0.1, 0.15) is 51.5 Å². The molecule has 5 nitrogen and oxygen atoms in total. The monoisotopic (exact) mass is 491 g/mol. The number of para-hydroxylation sites is 1. The third-order valence-electron chi connectivity index (χ3n) is 5.48. The van der Waals surface area contributed by atoms with E-state index in [4.69, 9.17) is 0 Å². The van der Waals surface area contributed by atoms with Gasteiger partial charge in [0.15, 0.2) is 5.16 Å². The molecule has 1 atom stereocenters. The van der Waals surface area contributed by atoms with Crippen LogP contribution in [0.15, 0.2) is 58.5 Å². The number of rotatable bonds is 10. The number of amides is 1. The molecule has 3 aromatic rings. The van der Waals surface area contributed by atoms with Crippen molar-refractivity contribution >= 4 is 28.6 Å². The molecular weight excluding hydrogens is 463 g/mol. The van der Waals surface area contributed by atoms with E-state index in [1.165, 1.54) is 28.5 Å². The summed E-state index contributed by atoms with van der Waals surface area (Å²) in [6, 6.07) is 11.7. The van der Waals surface area contributed by atoms with Gasteiger partial charge in [-0.15, -0.1) is 0 Å². The molecule has 1 unspecified atom stereocenters. The van der Waals surface area contributed by atoms with Crippen LogP contribution in [0.5, 0.6) is 0 Å². The third kappa shape index (κ3) is 6.62. The number of thioether (sulfide) groups is 1. The number of aromatic nitrogens is 2. The summed E-state index contributed by atoms with van der Waals surface area (Å²) in [5.41, 5.74) is -0.604. The maximum absolute atomic E-state index is 13.3. The highest BCUT2D eigenvalue weighted by Crippen LogP contribution is 2.31. The van der Waals surface area contributed by atoms with Crippen LogP contribution in [0.4, 0.5) is 13.2 Å². The van der Waals surface area contributed by atoms with Crippen LogP contribution >= 0.6 is 11.8 Å². The summed E-state index contributed by atoms with van der Waals surface area (Å²) in [4.78, 5) is 29.7. The number of nitrogens with one attached hydrogen (secondary N) is 1. The Morgan fingerprint density at radius 3 is 2.62 bits per heavy atom. The van der Waals surface area contributed by atoms with Gasteiger partial charge in [-0.2, -0.15) is 13.2 Å². The van der Waals surface area contributed by atoms with Gasteiger partial charge < -0.3 is 5.32 Å². The van der Waals surface area contributed by atoms with Crippen molar-refractivity contribution in [3.05, 3.63) is 64.4 Å².